The fourth-order valence-electron chi connectivity index (χ4n) is 1.51. The van der Waals surface area contributed by atoms with E-state index in [-0.39, 0.29) is 6.04 Å². The minimum Gasteiger partial charge on any atom is -0.328 e. The van der Waals surface area contributed by atoms with E-state index in [1.165, 1.54) is 27.2 Å². The Bertz CT molecular complexity index is 450. The van der Waals surface area contributed by atoms with Crippen LogP contribution in [0.15, 0.2) is 22.8 Å². The van der Waals surface area contributed by atoms with E-state index in [1.54, 1.807) is 0 Å². The molecule has 2 aromatic rings. The lowest BCUT2D eigenvalue weighted by Crippen LogP contribution is -2.17. The SMILES string of the molecule is CC(N)Cc1cc(Br)cc2cnsc12. The van der Waals surface area contributed by atoms with E-state index in [2.05, 4.69) is 32.4 Å². The Balaban J connectivity index is 2.55. The van der Waals surface area contributed by atoms with Crippen molar-refractivity contribution < 1.29 is 0 Å². The highest BCUT2D eigenvalue weighted by Crippen LogP contribution is 2.27. The summed E-state index contributed by atoms with van der Waals surface area (Å²) in [5.41, 5.74) is 7.09. The van der Waals surface area contributed by atoms with Gasteiger partial charge in [0.25, 0.3) is 0 Å². The molecule has 0 bridgehead atoms. The summed E-state index contributed by atoms with van der Waals surface area (Å²) < 4.78 is 6.54. The fourth-order valence-corrected chi connectivity index (χ4v) is 2.79. The minimum atomic E-state index is 0.189. The van der Waals surface area contributed by atoms with Crippen LogP contribution in [0.25, 0.3) is 10.1 Å². The molecule has 0 radical (unpaired) electrons. The molecule has 0 amide bonds. The number of nitrogens with two attached hydrogens (primary N) is 1. The average molecular weight is 271 g/mol. The van der Waals surface area contributed by atoms with Gasteiger partial charge in [-0.1, -0.05) is 15.9 Å². The van der Waals surface area contributed by atoms with Gasteiger partial charge in [0.1, 0.15) is 0 Å². The maximum Gasteiger partial charge on any atom is 0.0583 e. The second-order valence-corrected chi connectivity index (χ2v) is 5.21. The number of nitrogens with zero attached hydrogens (tertiary/aromatic N) is 1. The summed E-state index contributed by atoms with van der Waals surface area (Å²) in [5, 5.41) is 1.19. The van der Waals surface area contributed by atoms with Crippen LogP contribution in [0.2, 0.25) is 0 Å². The number of hydrogen-bond acceptors (Lipinski definition) is 3. The lowest BCUT2D eigenvalue weighted by atomic mass is 10.1. The summed E-state index contributed by atoms with van der Waals surface area (Å²) in [5.74, 6) is 0. The van der Waals surface area contributed by atoms with Crippen molar-refractivity contribution in [3.8, 4) is 0 Å². The van der Waals surface area contributed by atoms with Gasteiger partial charge in [-0.2, -0.15) is 4.37 Å². The number of hydrogen-bond donors (Lipinski definition) is 1. The third-order valence-corrected chi connectivity index (χ3v) is 3.39. The Morgan fingerprint density at radius 2 is 2.36 bits per heavy atom. The van der Waals surface area contributed by atoms with E-state index in [0.29, 0.717) is 0 Å². The number of aromatic nitrogens is 1. The van der Waals surface area contributed by atoms with E-state index in [9.17, 15) is 0 Å². The Morgan fingerprint density at radius 3 is 3.07 bits per heavy atom. The topological polar surface area (TPSA) is 38.9 Å². The highest BCUT2D eigenvalue weighted by molar-refractivity contribution is 9.10. The first-order valence-electron chi connectivity index (χ1n) is 4.45. The van der Waals surface area contributed by atoms with Gasteiger partial charge in [-0.25, -0.2) is 0 Å². The lowest BCUT2D eigenvalue weighted by Gasteiger charge is -2.06. The molecule has 0 aliphatic carbocycles. The summed E-state index contributed by atoms with van der Waals surface area (Å²) in [6, 6.07) is 4.41. The zero-order chi connectivity index (χ0) is 10.1. The fraction of sp³-hybridized carbons (Fsp3) is 0.300. The van der Waals surface area contributed by atoms with Crippen LogP contribution in [-0.4, -0.2) is 10.4 Å². The summed E-state index contributed by atoms with van der Waals surface area (Å²) in [6.45, 7) is 2.02. The molecule has 74 valence electrons. The van der Waals surface area contributed by atoms with E-state index < -0.39 is 0 Å². The van der Waals surface area contributed by atoms with Gasteiger partial charge in [-0.3, -0.25) is 0 Å². The molecule has 0 aliphatic rings. The summed E-state index contributed by atoms with van der Waals surface area (Å²) in [4.78, 5) is 0. The predicted molar refractivity (Wildman–Crippen MR) is 64.7 cm³/mol. The molecule has 2 N–H and O–H groups in total. The van der Waals surface area contributed by atoms with Gasteiger partial charge >= 0.3 is 0 Å². The van der Waals surface area contributed by atoms with Crippen LogP contribution in [0.5, 0.6) is 0 Å². The van der Waals surface area contributed by atoms with Crippen LogP contribution in [-0.2, 0) is 6.42 Å². The van der Waals surface area contributed by atoms with Crippen LogP contribution < -0.4 is 5.73 Å². The van der Waals surface area contributed by atoms with E-state index in [4.69, 9.17) is 5.73 Å². The van der Waals surface area contributed by atoms with Crippen molar-refractivity contribution in [2.24, 2.45) is 5.73 Å². The minimum absolute atomic E-state index is 0.189. The molecule has 1 heterocycles. The van der Waals surface area contributed by atoms with Crippen molar-refractivity contribution in [1.29, 1.82) is 0 Å². The van der Waals surface area contributed by atoms with Gasteiger partial charge in [0.05, 0.1) is 4.70 Å². The molecule has 0 aliphatic heterocycles. The van der Waals surface area contributed by atoms with Crippen molar-refractivity contribution in [2.75, 3.05) is 0 Å². The molecule has 0 saturated heterocycles. The van der Waals surface area contributed by atoms with Gasteiger partial charge in [0.15, 0.2) is 0 Å². The van der Waals surface area contributed by atoms with Crippen LogP contribution in [0, 0.1) is 0 Å². The molecule has 1 aromatic carbocycles. The van der Waals surface area contributed by atoms with Gasteiger partial charge in [-0.15, -0.1) is 0 Å². The first-order chi connectivity index (χ1) is 6.66. The van der Waals surface area contributed by atoms with E-state index >= 15 is 0 Å². The quantitative estimate of drug-likeness (QED) is 0.912. The van der Waals surface area contributed by atoms with E-state index in [0.717, 1.165) is 10.9 Å². The molecule has 0 fully saturated rings. The highest BCUT2D eigenvalue weighted by atomic mass is 79.9. The molecule has 0 spiro atoms. The molecule has 4 heteroatoms. The number of fused-ring (bicyclic) bond motifs is 1. The maximum absolute atomic E-state index is 5.80. The zero-order valence-corrected chi connectivity index (χ0v) is 10.2. The van der Waals surface area contributed by atoms with E-state index in [1.807, 2.05) is 13.1 Å². The summed E-state index contributed by atoms with van der Waals surface area (Å²) >= 11 is 5.03. The smallest absolute Gasteiger partial charge is 0.0583 e. The molecular weight excluding hydrogens is 260 g/mol. The first-order valence-corrected chi connectivity index (χ1v) is 6.02. The summed E-state index contributed by atoms with van der Waals surface area (Å²) in [7, 11) is 0. The molecule has 2 rings (SSSR count). The second-order valence-electron chi connectivity index (χ2n) is 3.49. The predicted octanol–water partition coefficient (Wildman–Crippen LogP) is 2.95. The molecule has 14 heavy (non-hydrogen) atoms. The van der Waals surface area contributed by atoms with Crippen molar-refractivity contribution in [3.63, 3.8) is 0 Å². The van der Waals surface area contributed by atoms with Crippen LogP contribution in [0.1, 0.15) is 12.5 Å². The zero-order valence-electron chi connectivity index (χ0n) is 7.83. The van der Waals surface area contributed by atoms with Gasteiger partial charge in [0.2, 0.25) is 0 Å². The molecule has 1 aromatic heterocycles. The number of halogens is 1. The largest absolute Gasteiger partial charge is 0.328 e. The Hall–Kier alpha value is -0.450. The third-order valence-electron chi connectivity index (χ3n) is 2.04. The second kappa shape index (κ2) is 3.96. The lowest BCUT2D eigenvalue weighted by molar-refractivity contribution is 0.742. The summed E-state index contributed by atoms with van der Waals surface area (Å²) in [6.07, 6.45) is 2.80. The number of benzene rings is 1. The average Bonchev–Trinajstić information content (AvgIpc) is 2.50. The molecule has 1 unspecified atom stereocenters. The van der Waals surface area contributed by atoms with Gasteiger partial charge in [0, 0.05) is 22.1 Å². The molecular formula is C10H11BrN2S. The van der Waals surface area contributed by atoms with Crippen LogP contribution in [0.4, 0.5) is 0 Å². The third kappa shape index (κ3) is 1.97. The molecule has 1 atom stereocenters. The monoisotopic (exact) mass is 270 g/mol. The normalized spacial score (nSPS) is 13.4. The Morgan fingerprint density at radius 1 is 1.57 bits per heavy atom. The van der Waals surface area contributed by atoms with Crippen molar-refractivity contribution in [3.05, 3.63) is 28.4 Å². The first kappa shape index (κ1) is 10.1. The maximum atomic E-state index is 5.80. The van der Waals surface area contributed by atoms with Gasteiger partial charge in [-0.05, 0) is 42.6 Å². The Kier molecular flexibility index (Phi) is 2.85. The molecule has 2 nitrogen and oxygen atoms in total. The Labute approximate surface area is 95.4 Å². The van der Waals surface area contributed by atoms with Crippen LogP contribution in [0.3, 0.4) is 0 Å². The van der Waals surface area contributed by atoms with Gasteiger partial charge < -0.3 is 5.73 Å². The van der Waals surface area contributed by atoms with Crippen LogP contribution >= 0.6 is 27.5 Å². The highest BCUT2D eigenvalue weighted by Gasteiger charge is 2.07. The standard InChI is InChI=1S/C10H11BrN2S/c1-6(12)2-7-3-9(11)4-8-5-13-14-10(7)8/h3-6H,2,12H2,1H3. The van der Waals surface area contributed by atoms with Crippen molar-refractivity contribution in [2.45, 2.75) is 19.4 Å². The molecule has 0 saturated carbocycles. The van der Waals surface area contributed by atoms with Crippen molar-refractivity contribution >= 4 is 37.5 Å². The number of rotatable bonds is 2. The van der Waals surface area contributed by atoms with Crippen molar-refractivity contribution in [1.82, 2.24) is 4.37 Å².